The fraction of sp³-hybridized carbons (Fsp3) is 0.429. The number of anilines is 1. The van der Waals surface area contributed by atoms with Gasteiger partial charge >= 0.3 is 5.97 Å². The molecule has 4 nitrogen and oxygen atoms in total. The molecule has 0 aliphatic heterocycles. The lowest BCUT2D eigenvalue weighted by molar-refractivity contribution is -0.147. The van der Waals surface area contributed by atoms with E-state index in [0.717, 1.165) is 0 Å². The van der Waals surface area contributed by atoms with Crippen LogP contribution in [0.25, 0.3) is 0 Å². The van der Waals surface area contributed by atoms with Gasteiger partial charge in [-0.1, -0.05) is 12.8 Å². The fourth-order valence-electron chi connectivity index (χ4n) is 2.58. The molecular weight excluding hydrogens is 287 g/mol. The van der Waals surface area contributed by atoms with Gasteiger partial charge < -0.3 is 10.4 Å². The molecule has 2 unspecified atom stereocenters. The van der Waals surface area contributed by atoms with Crippen molar-refractivity contribution in [2.45, 2.75) is 25.7 Å². The first-order chi connectivity index (χ1) is 9.90. The van der Waals surface area contributed by atoms with Gasteiger partial charge in [0.2, 0.25) is 5.91 Å². The minimum Gasteiger partial charge on any atom is -0.481 e. The third kappa shape index (κ3) is 3.34. The van der Waals surface area contributed by atoms with Gasteiger partial charge in [-0.3, -0.25) is 9.59 Å². The summed E-state index contributed by atoms with van der Waals surface area (Å²) in [5.74, 6) is -7.16. The van der Waals surface area contributed by atoms with E-state index in [-0.39, 0.29) is 0 Å². The topological polar surface area (TPSA) is 66.4 Å². The van der Waals surface area contributed by atoms with Crippen molar-refractivity contribution < 1.29 is 27.9 Å². The van der Waals surface area contributed by atoms with E-state index in [1.165, 1.54) is 0 Å². The Morgan fingerprint density at radius 3 is 2.19 bits per heavy atom. The number of hydrogen-bond acceptors (Lipinski definition) is 2. The summed E-state index contributed by atoms with van der Waals surface area (Å²) in [4.78, 5) is 23.2. The standard InChI is InChI=1S/C14H14F3NO3/c15-9-5-11(17)12(6-10(9)16)18-13(19)7-3-1-2-4-8(7)14(20)21/h5-8H,1-4H2,(H,18,19)(H,20,21). The van der Waals surface area contributed by atoms with E-state index in [1.54, 1.807) is 0 Å². The zero-order valence-electron chi connectivity index (χ0n) is 11.0. The molecule has 1 aliphatic carbocycles. The third-order valence-corrected chi connectivity index (χ3v) is 3.69. The smallest absolute Gasteiger partial charge is 0.307 e. The summed E-state index contributed by atoms with van der Waals surface area (Å²) in [6.07, 6.45) is 2.14. The van der Waals surface area contributed by atoms with Crippen molar-refractivity contribution >= 4 is 17.6 Å². The number of halogens is 3. The van der Waals surface area contributed by atoms with E-state index in [4.69, 9.17) is 5.11 Å². The largest absolute Gasteiger partial charge is 0.481 e. The number of aliphatic carboxylic acids is 1. The molecular formula is C14H14F3NO3. The van der Waals surface area contributed by atoms with Crippen LogP contribution < -0.4 is 5.32 Å². The molecule has 0 heterocycles. The van der Waals surface area contributed by atoms with Gasteiger partial charge in [-0.2, -0.15) is 0 Å². The van der Waals surface area contributed by atoms with E-state index in [0.29, 0.717) is 37.8 Å². The molecule has 2 N–H and O–H groups in total. The number of amides is 1. The summed E-state index contributed by atoms with van der Waals surface area (Å²) in [6, 6.07) is 0.877. The molecule has 0 spiro atoms. The molecule has 1 saturated carbocycles. The average Bonchev–Trinajstić information content (AvgIpc) is 2.44. The maximum absolute atomic E-state index is 13.5. The number of rotatable bonds is 3. The van der Waals surface area contributed by atoms with E-state index < -0.39 is 46.9 Å². The molecule has 21 heavy (non-hydrogen) atoms. The van der Waals surface area contributed by atoms with Gasteiger partial charge in [0.1, 0.15) is 5.82 Å². The summed E-state index contributed by atoms with van der Waals surface area (Å²) in [5, 5.41) is 11.2. The molecule has 0 saturated heterocycles. The minimum absolute atomic E-state index is 0.334. The van der Waals surface area contributed by atoms with E-state index in [9.17, 15) is 22.8 Å². The molecule has 2 rings (SSSR count). The number of carboxylic acids is 1. The zero-order valence-corrected chi connectivity index (χ0v) is 11.0. The molecule has 7 heteroatoms. The molecule has 1 aromatic carbocycles. The molecule has 0 radical (unpaired) electrons. The number of carboxylic acid groups (broad SMARTS) is 1. The number of hydrogen-bond donors (Lipinski definition) is 2. The summed E-state index contributed by atoms with van der Waals surface area (Å²) < 4.78 is 39.4. The van der Waals surface area contributed by atoms with Crippen LogP contribution in [-0.4, -0.2) is 17.0 Å². The van der Waals surface area contributed by atoms with E-state index in [1.807, 2.05) is 0 Å². The van der Waals surface area contributed by atoms with Crippen LogP contribution in [0.4, 0.5) is 18.9 Å². The van der Waals surface area contributed by atoms with Crippen molar-refractivity contribution in [1.82, 2.24) is 0 Å². The van der Waals surface area contributed by atoms with Crippen molar-refractivity contribution in [3.8, 4) is 0 Å². The van der Waals surface area contributed by atoms with Gasteiger partial charge in [-0.15, -0.1) is 0 Å². The minimum atomic E-state index is -1.36. The first-order valence-electron chi connectivity index (χ1n) is 6.58. The SMILES string of the molecule is O=C(O)C1CCCCC1C(=O)Nc1cc(F)c(F)cc1F. The maximum Gasteiger partial charge on any atom is 0.307 e. The second-order valence-electron chi connectivity index (χ2n) is 5.07. The van der Waals surface area contributed by atoms with E-state index >= 15 is 0 Å². The van der Waals surface area contributed by atoms with E-state index in [2.05, 4.69) is 5.32 Å². The predicted molar refractivity (Wildman–Crippen MR) is 68.0 cm³/mol. The highest BCUT2D eigenvalue weighted by molar-refractivity contribution is 5.95. The molecule has 2 atom stereocenters. The van der Waals surface area contributed by atoms with Crippen LogP contribution in [0.1, 0.15) is 25.7 Å². The van der Waals surface area contributed by atoms with Crippen LogP contribution in [0.2, 0.25) is 0 Å². The Balaban J connectivity index is 2.17. The van der Waals surface area contributed by atoms with Crippen molar-refractivity contribution in [1.29, 1.82) is 0 Å². The van der Waals surface area contributed by atoms with Gasteiger partial charge in [0.25, 0.3) is 0 Å². The Morgan fingerprint density at radius 2 is 1.57 bits per heavy atom. The lowest BCUT2D eigenvalue weighted by Crippen LogP contribution is -2.36. The van der Waals surface area contributed by atoms with Crippen LogP contribution in [0.3, 0.4) is 0 Å². The number of carbonyl (C=O) groups is 2. The van der Waals surface area contributed by atoms with Gasteiger partial charge in [0, 0.05) is 12.1 Å². The molecule has 1 fully saturated rings. The summed E-state index contributed by atoms with van der Waals surface area (Å²) in [7, 11) is 0. The Labute approximate surface area is 119 Å². The quantitative estimate of drug-likeness (QED) is 0.844. The maximum atomic E-state index is 13.5. The average molecular weight is 301 g/mol. The molecule has 1 amide bonds. The van der Waals surface area contributed by atoms with Crippen LogP contribution in [-0.2, 0) is 9.59 Å². The summed E-state index contributed by atoms with van der Waals surface area (Å²) in [5.41, 5.74) is -0.492. The van der Waals surface area contributed by atoms with Gasteiger partial charge in [-0.05, 0) is 12.8 Å². The lowest BCUT2D eigenvalue weighted by atomic mass is 9.78. The Morgan fingerprint density at radius 1 is 1.00 bits per heavy atom. The van der Waals surface area contributed by atoms with Gasteiger partial charge in [0.15, 0.2) is 11.6 Å². The Kier molecular flexibility index (Phi) is 4.50. The van der Waals surface area contributed by atoms with Crippen LogP contribution in [0.5, 0.6) is 0 Å². The van der Waals surface area contributed by atoms with Crippen LogP contribution >= 0.6 is 0 Å². The highest BCUT2D eigenvalue weighted by Crippen LogP contribution is 2.31. The summed E-state index contributed by atoms with van der Waals surface area (Å²) >= 11 is 0. The monoisotopic (exact) mass is 301 g/mol. The number of carbonyl (C=O) groups excluding carboxylic acids is 1. The first kappa shape index (κ1) is 15.3. The van der Waals surface area contributed by atoms with Crippen molar-refractivity contribution in [3.63, 3.8) is 0 Å². The number of nitrogens with one attached hydrogen (secondary N) is 1. The van der Waals surface area contributed by atoms with Crippen LogP contribution in [0, 0.1) is 29.3 Å². The second-order valence-corrected chi connectivity index (χ2v) is 5.07. The fourth-order valence-corrected chi connectivity index (χ4v) is 2.58. The molecule has 1 aromatic rings. The van der Waals surface area contributed by atoms with Crippen LogP contribution in [0.15, 0.2) is 12.1 Å². The first-order valence-corrected chi connectivity index (χ1v) is 6.58. The van der Waals surface area contributed by atoms with Gasteiger partial charge in [0.05, 0.1) is 17.5 Å². The predicted octanol–water partition coefficient (Wildman–Crippen LogP) is 2.93. The highest BCUT2D eigenvalue weighted by atomic mass is 19.2. The molecule has 0 bridgehead atoms. The normalized spacial score (nSPS) is 21.9. The Hall–Kier alpha value is -2.05. The summed E-state index contributed by atoms with van der Waals surface area (Å²) in [6.45, 7) is 0. The Bertz CT molecular complexity index is 577. The molecule has 114 valence electrons. The lowest BCUT2D eigenvalue weighted by Gasteiger charge is -2.27. The van der Waals surface area contributed by atoms with Crippen molar-refractivity contribution in [2.24, 2.45) is 11.8 Å². The number of benzene rings is 1. The zero-order chi connectivity index (χ0) is 15.6. The third-order valence-electron chi connectivity index (χ3n) is 3.69. The van der Waals surface area contributed by atoms with Crippen molar-refractivity contribution in [3.05, 3.63) is 29.6 Å². The molecule has 0 aromatic heterocycles. The van der Waals surface area contributed by atoms with Gasteiger partial charge in [-0.25, -0.2) is 13.2 Å². The molecule has 1 aliphatic rings. The van der Waals surface area contributed by atoms with Crippen molar-refractivity contribution in [2.75, 3.05) is 5.32 Å². The highest BCUT2D eigenvalue weighted by Gasteiger charge is 2.36. The second kappa shape index (κ2) is 6.15.